The summed E-state index contributed by atoms with van der Waals surface area (Å²) in [6, 6.07) is 3.58. The van der Waals surface area contributed by atoms with Crippen molar-refractivity contribution in [2.45, 2.75) is 31.7 Å². The quantitative estimate of drug-likeness (QED) is 0.874. The molecule has 7 heteroatoms. The van der Waals surface area contributed by atoms with Gasteiger partial charge in [-0.2, -0.15) is 5.10 Å². The Hall–Kier alpha value is -2.28. The summed E-state index contributed by atoms with van der Waals surface area (Å²) in [5, 5.41) is 7.14. The highest BCUT2D eigenvalue weighted by Gasteiger charge is 2.25. The molecular formula is C15H20N6O. The summed E-state index contributed by atoms with van der Waals surface area (Å²) in [6.45, 7) is 0.617. The van der Waals surface area contributed by atoms with Gasteiger partial charge in [-0.1, -0.05) is 12.8 Å². The van der Waals surface area contributed by atoms with Crippen molar-refractivity contribution in [3.63, 3.8) is 0 Å². The van der Waals surface area contributed by atoms with Crippen LogP contribution in [0.5, 0.6) is 0 Å². The van der Waals surface area contributed by atoms with Crippen molar-refractivity contribution in [1.29, 1.82) is 0 Å². The first kappa shape index (κ1) is 14.6. The van der Waals surface area contributed by atoms with Gasteiger partial charge < -0.3 is 11.1 Å². The minimum absolute atomic E-state index is 0.0888. The summed E-state index contributed by atoms with van der Waals surface area (Å²) in [5.74, 6) is 0.854. The smallest absolute Gasteiger partial charge is 0.251 e. The van der Waals surface area contributed by atoms with Gasteiger partial charge in [0.05, 0.1) is 0 Å². The van der Waals surface area contributed by atoms with E-state index < -0.39 is 0 Å². The second kappa shape index (κ2) is 6.65. The van der Waals surface area contributed by atoms with Crippen LogP contribution >= 0.6 is 0 Å². The first-order chi connectivity index (χ1) is 10.8. The summed E-state index contributed by atoms with van der Waals surface area (Å²) in [5.41, 5.74) is 6.39. The van der Waals surface area contributed by atoms with Gasteiger partial charge in [0.15, 0.2) is 5.82 Å². The molecule has 116 valence electrons. The molecule has 2 unspecified atom stereocenters. The van der Waals surface area contributed by atoms with Crippen molar-refractivity contribution >= 4 is 5.91 Å². The van der Waals surface area contributed by atoms with Crippen LogP contribution in [-0.4, -0.2) is 38.2 Å². The predicted molar refractivity (Wildman–Crippen MR) is 81.4 cm³/mol. The van der Waals surface area contributed by atoms with E-state index in [-0.39, 0.29) is 11.9 Å². The highest BCUT2D eigenvalue weighted by molar-refractivity contribution is 5.94. The van der Waals surface area contributed by atoms with Gasteiger partial charge in [-0.25, -0.2) is 14.6 Å². The second-order valence-electron chi connectivity index (χ2n) is 5.60. The minimum Gasteiger partial charge on any atom is -0.349 e. The number of pyridine rings is 1. The van der Waals surface area contributed by atoms with Crippen LogP contribution < -0.4 is 11.1 Å². The lowest BCUT2D eigenvalue weighted by Gasteiger charge is -2.31. The molecule has 1 fully saturated rings. The third-order valence-electron chi connectivity index (χ3n) is 4.19. The molecule has 0 bridgehead atoms. The van der Waals surface area contributed by atoms with Crippen LogP contribution in [0.4, 0.5) is 0 Å². The van der Waals surface area contributed by atoms with E-state index in [9.17, 15) is 4.79 Å². The van der Waals surface area contributed by atoms with E-state index in [1.807, 2.05) is 0 Å². The van der Waals surface area contributed by atoms with E-state index in [1.165, 1.54) is 17.4 Å². The van der Waals surface area contributed by atoms with Gasteiger partial charge >= 0.3 is 0 Å². The number of hydrogen-bond acceptors (Lipinski definition) is 5. The fourth-order valence-corrected chi connectivity index (χ4v) is 2.94. The number of nitrogens with two attached hydrogens (primary N) is 1. The molecule has 1 saturated carbocycles. The Morgan fingerprint density at radius 2 is 2.27 bits per heavy atom. The number of carbonyl (C=O) groups excluding carboxylic acids is 1. The summed E-state index contributed by atoms with van der Waals surface area (Å²) < 4.78 is 1.53. The maximum Gasteiger partial charge on any atom is 0.251 e. The molecule has 0 aromatic carbocycles. The summed E-state index contributed by atoms with van der Waals surface area (Å²) in [6.07, 6.45) is 9.00. The van der Waals surface area contributed by atoms with Crippen LogP contribution in [0.25, 0.3) is 5.82 Å². The standard InChI is InChI=1S/C15H20N6O/c16-8-12-3-1-2-4-13(12)20-15(22)11-5-6-18-14(7-11)21-10-17-9-19-21/h5-7,9-10,12-13H,1-4,8,16H2,(H,20,22). The second-order valence-corrected chi connectivity index (χ2v) is 5.60. The first-order valence-electron chi connectivity index (χ1n) is 7.60. The molecule has 0 radical (unpaired) electrons. The molecule has 0 saturated heterocycles. The molecule has 3 N–H and O–H groups in total. The molecule has 22 heavy (non-hydrogen) atoms. The average molecular weight is 300 g/mol. The molecule has 1 aliphatic carbocycles. The Balaban J connectivity index is 1.73. The van der Waals surface area contributed by atoms with E-state index in [0.29, 0.717) is 23.8 Å². The molecule has 1 aliphatic rings. The zero-order valence-corrected chi connectivity index (χ0v) is 12.4. The third kappa shape index (κ3) is 3.14. The molecule has 2 heterocycles. The van der Waals surface area contributed by atoms with Gasteiger partial charge in [0.1, 0.15) is 12.7 Å². The topological polar surface area (TPSA) is 98.7 Å². The summed E-state index contributed by atoms with van der Waals surface area (Å²) in [4.78, 5) is 20.6. The summed E-state index contributed by atoms with van der Waals surface area (Å²) >= 11 is 0. The van der Waals surface area contributed by atoms with Crippen LogP contribution in [0.1, 0.15) is 36.0 Å². The number of rotatable bonds is 4. The molecule has 0 aliphatic heterocycles. The fraction of sp³-hybridized carbons (Fsp3) is 0.467. The Morgan fingerprint density at radius 1 is 1.41 bits per heavy atom. The maximum absolute atomic E-state index is 12.5. The molecule has 3 rings (SSSR count). The van der Waals surface area contributed by atoms with Crippen LogP contribution in [0.15, 0.2) is 31.0 Å². The Labute approximate surface area is 129 Å². The SMILES string of the molecule is NCC1CCCCC1NC(=O)c1ccnc(-n2cncn2)c1. The average Bonchev–Trinajstić information content (AvgIpc) is 3.10. The van der Waals surface area contributed by atoms with Crippen LogP contribution in [0.2, 0.25) is 0 Å². The van der Waals surface area contributed by atoms with Gasteiger partial charge in [0.2, 0.25) is 0 Å². The maximum atomic E-state index is 12.5. The van der Waals surface area contributed by atoms with Gasteiger partial charge in [-0.3, -0.25) is 4.79 Å². The van der Waals surface area contributed by atoms with Crippen molar-refractivity contribution in [3.05, 3.63) is 36.5 Å². The molecule has 0 spiro atoms. The van der Waals surface area contributed by atoms with Crippen molar-refractivity contribution < 1.29 is 4.79 Å². The lowest BCUT2D eigenvalue weighted by atomic mass is 9.84. The molecule has 1 amide bonds. The molecular weight excluding hydrogens is 280 g/mol. The van der Waals surface area contributed by atoms with E-state index >= 15 is 0 Å². The first-order valence-corrected chi connectivity index (χ1v) is 7.60. The predicted octanol–water partition coefficient (Wildman–Crippen LogP) is 0.910. The largest absolute Gasteiger partial charge is 0.349 e. The molecule has 7 nitrogen and oxygen atoms in total. The highest BCUT2D eigenvalue weighted by atomic mass is 16.1. The fourth-order valence-electron chi connectivity index (χ4n) is 2.94. The number of nitrogens with zero attached hydrogens (tertiary/aromatic N) is 4. The van der Waals surface area contributed by atoms with E-state index in [1.54, 1.807) is 24.7 Å². The van der Waals surface area contributed by atoms with Crippen LogP contribution in [-0.2, 0) is 0 Å². The number of amides is 1. The Bertz CT molecular complexity index is 627. The zero-order chi connectivity index (χ0) is 15.4. The number of hydrogen-bond donors (Lipinski definition) is 2. The van der Waals surface area contributed by atoms with Gasteiger partial charge in [0.25, 0.3) is 5.91 Å². The number of nitrogens with one attached hydrogen (secondary N) is 1. The number of carbonyl (C=O) groups is 1. The normalized spacial score (nSPS) is 21.5. The van der Waals surface area contributed by atoms with E-state index in [2.05, 4.69) is 20.4 Å². The monoisotopic (exact) mass is 300 g/mol. The van der Waals surface area contributed by atoms with Crippen LogP contribution in [0.3, 0.4) is 0 Å². The molecule has 2 aromatic rings. The Kier molecular flexibility index (Phi) is 4.43. The minimum atomic E-state index is -0.0888. The summed E-state index contributed by atoms with van der Waals surface area (Å²) in [7, 11) is 0. The lowest BCUT2D eigenvalue weighted by molar-refractivity contribution is 0.0908. The lowest BCUT2D eigenvalue weighted by Crippen LogP contribution is -2.44. The zero-order valence-electron chi connectivity index (χ0n) is 12.4. The van der Waals surface area contributed by atoms with Gasteiger partial charge in [-0.05, 0) is 37.4 Å². The van der Waals surface area contributed by atoms with Crippen LogP contribution in [0, 0.1) is 5.92 Å². The molecule has 2 atom stereocenters. The van der Waals surface area contributed by atoms with E-state index in [0.717, 1.165) is 19.3 Å². The van der Waals surface area contributed by atoms with Gasteiger partial charge in [-0.15, -0.1) is 0 Å². The van der Waals surface area contributed by atoms with Crippen molar-refractivity contribution in [2.75, 3.05) is 6.54 Å². The Morgan fingerprint density at radius 3 is 3.05 bits per heavy atom. The molecule has 2 aromatic heterocycles. The van der Waals surface area contributed by atoms with Crippen molar-refractivity contribution in [3.8, 4) is 5.82 Å². The van der Waals surface area contributed by atoms with Crippen molar-refractivity contribution in [1.82, 2.24) is 25.1 Å². The van der Waals surface area contributed by atoms with E-state index in [4.69, 9.17) is 5.73 Å². The highest BCUT2D eigenvalue weighted by Crippen LogP contribution is 2.23. The van der Waals surface area contributed by atoms with Gasteiger partial charge in [0, 0.05) is 17.8 Å². The number of aromatic nitrogens is 4. The third-order valence-corrected chi connectivity index (χ3v) is 4.19. The van der Waals surface area contributed by atoms with Crippen molar-refractivity contribution in [2.24, 2.45) is 11.7 Å².